The minimum Gasteiger partial charge on any atom is -0.358 e. The third-order valence-corrected chi connectivity index (χ3v) is 8.43. The van der Waals surface area contributed by atoms with Gasteiger partial charge in [0.2, 0.25) is 5.82 Å². The van der Waals surface area contributed by atoms with E-state index in [1.165, 1.54) is 24.3 Å². The Bertz CT molecular complexity index is 2030. The van der Waals surface area contributed by atoms with E-state index in [4.69, 9.17) is 9.26 Å². The molecule has 0 bridgehead atoms. The van der Waals surface area contributed by atoms with Crippen LogP contribution in [0.2, 0.25) is 0 Å². The van der Waals surface area contributed by atoms with Crippen LogP contribution in [0.5, 0.6) is 6.08 Å². The lowest BCUT2D eigenvalue weighted by Gasteiger charge is -2.38. The number of hydrogen-bond acceptors (Lipinski definition) is 7. The minimum atomic E-state index is -0.600. The van der Waals surface area contributed by atoms with E-state index in [-0.39, 0.29) is 35.2 Å². The maximum Gasteiger partial charge on any atom is 0.426 e. The number of nitrogens with one attached hydrogen (secondary N) is 2. The van der Waals surface area contributed by atoms with Crippen molar-refractivity contribution >= 4 is 27.9 Å². The highest BCUT2D eigenvalue weighted by Gasteiger charge is 2.35. The number of likely N-dealkylation sites (tertiary alicyclic amines) is 1. The molecule has 1 fully saturated rings. The molecule has 7 rings (SSSR count). The number of nitrogens with zero attached hydrogens (tertiary/aromatic N) is 4. The molecule has 2 atom stereocenters. The maximum absolute atomic E-state index is 13.5. The first-order chi connectivity index (χ1) is 21.4. The van der Waals surface area contributed by atoms with Crippen molar-refractivity contribution in [3.63, 3.8) is 0 Å². The Balaban J connectivity index is 1.13. The number of carbonyl (C=O) groups is 1. The zero-order valence-corrected chi connectivity index (χ0v) is 23.9. The SMILES string of the molecule is Cc1cc(CC[C@@H]2C[C@H](c3cc4ccccc4[nH]c3=O)CCN2C(=O)Oc2nc(-c3ccc(F)cc3)no2)cc2cn[nH]c12. The first-order valence-electron chi connectivity index (χ1n) is 14.5. The van der Waals surface area contributed by atoms with Crippen molar-refractivity contribution in [2.75, 3.05) is 6.54 Å². The van der Waals surface area contributed by atoms with Crippen LogP contribution in [0, 0.1) is 12.7 Å². The van der Waals surface area contributed by atoms with Gasteiger partial charge in [-0.25, -0.2) is 9.18 Å². The number of piperidine rings is 1. The Hall–Kier alpha value is -5.32. The topological polar surface area (TPSA) is 130 Å². The molecule has 2 N–H and O–H groups in total. The molecule has 0 spiro atoms. The van der Waals surface area contributed by atoms with E-state index >= 15 is 0 Å². The van der Waals surface area contributed by atoms with Gasteiger partial charge in [-0.1, -0.05) is 29.4 Å². The molecule has 222 valence electrons. The normalized spacial score (nSPS) is 16.9. The highest BCUT2D eigenvalue weighted by molar-refractivity contribution is 5.82. The molecule has 11 heteroatoms. The van der Waals surface area contributed by atoms with Gasteiger partial charge in [0.15, 0.2) is 0 Å². The van der Waals surface area contributed by atoms with Crippen LogP contribution < -0.4 is 10.3 Å². The van der Waals surface area contributed by atoms with Crippen molar-refractivity contribution < 1.29 is 18.4 Å². The highest BCUT2D eigenvalue weighted by atomic mass is 19.1. The second kappa shape index (κ2) is 11.4. The molecular formula is C33H29FN6O4. The van der Waals surface area contributed by atoms with Crippen LogP contribution in [-0.2, 0) is 6.42 Å². The van der Waals surface area contributed by atoms with Crippen LogP contribution in [0.25, 0.3) is 33.2 Å². The summed E-state index contributed by atoms with van der Waals surface area (Å²) in [5, 5.41) is 13.1. The smallest absolute Gasteiger partial charge is 0.358 e. The molecule has 3 aromatic heterocycles. The summed E-state index contributed by atoms with van der Waals surface area (Å²) >= 11 is 0. The monoisotopic (exact) mass is 592 g/mol. The van der Waals surface area contributed by atoms with E-state index in [2.05, 4.69) is 37.5 Å². The van der Waals surface area contributed by atoms with Gasteiger partial charge in [0.05, 0.1) is 11.7 Å². The van der Waals surface area contributed by atoms with Crippen molar-refractivity contribution in [3.8, 4) is 17.5 Å². The summed E-state index contributed by atoms with van der Waals surface area (Å²) in [7, 11) is 0. The number of para-hydroxylation sites is 1. The third kappa shape index (κ3) is 5.44. The Morgan fingerprint density at radius 1 is 1.11 bits per heavy atom. The molecule has 0 unspecified atom stereocenters. The summed E-state index contributed by atoms with van der Waals surface area (Å²) in [6, 6.07) is 19.3. The number of pyridine rings is 1. The predicted octanol–water partition coefficient (Wildman–Crippen LogP) is 6.28. The van der Waals surface area contributed by atoms with Gasteiger partial charge >= 0.3 is 12.2 Å². The molecule has 44 heavy (non-hydrogen) atoms. The molecule has 1 saturated heterocycles. The number of rotatable bonds is 6. The maximum atomic E-state index is 13.5. The van der Waals surface area contributed by atoms with E-state index in [0.717, 1.165) is 38.5 Å². The van der Waals surface area contributed by atoms with E-state index in [9.17, 15) is 14.0 Å². The van der Waals surface area contributed by atoms with Gasteiger partial charge in [-0.15, -0.1) is 0 Å². The number of hydrogen-bond donors (Lipinski definition) is 2. The fourth-order valence-electron chi connectivity index (χ4n) is 6.21. The zero-order chi connectivity index (χ0) is 30.2. The second-order valence-electron chi connectivity index (χ2n) is 11.3. The molecule has 1 amide bonds. The molecule has 10 nitrogen and oxygen atoms in total. The molecule has 0 radical (unpaired) electrons. The average molecular weight is 593 g/mol. The number of aromatic nitrogens is 5. The number of benzene rings is 3. The van der Waals surface area contributed by atoms with Gasteiger partial charge in [-0.05, 0) is 97.5 Å². The van der Waals surface area contributed by atoms with Crippen molar-refractivity contribution in [2.24, 2.45) is 0 Å². The highest BCUT2D eigenvalue weighted by Crippen LogP contribution is 2.34. The Labute approximate surface area is 250 Å². The van der Waals surface area contributed by atoms with Gasteiger partial charge < -0.3 is 14.6 Å². The van der Waals surface area contributed by atoms with Crippen LogP contribution in [-0.4, -0.2) is 48.9 Å². The second-order valence-corrected chi connectivity index (χ2v) is 11.3. The molecule has 0 saturated carbocycles. The number of aryl methyl sites for hydroxylation is 2. The number of carbonyl (C=O) groups excluding carboxylic acids is 1. The fourth-order valence-corrected chi connectivity index (χ4v) is 6.21. The number of amides is 1. The van der Waals surface area contributed by atoms with Gasteiger partial charge in [0, 0.05) is 34.6 Å². The van der Waals surface area contributed by atoms with Crippen molar-refractivity contribution in [1.29, 1.82) is 0 Å². The zero-order valence-electron chi connectivity index (χ0n) is 23.9. The van der Waals surface area contributed by atoms with Crippen molar-refractivity contribution in [3.05, 3.63) is 106 Å². The number of aromatic amines is 2. The quantitative estimate of drug-likeness (QED) is 0.233. The standard InChI is InChI=1S/C33H29FN6O4/c1-19-14-20(15-24-18-35-38-29(19)24)6-11-26-16-22(27-17-23-4-2-3-5-28(23)36-31(27)41)12-13-40(26)33(42)43-32-37-30(39-44-32)21-7-9-25(34)10-8-21/h2-5,7-10,14-15,17-18,22,26H,6,11-13,16H2,1H3,(H,35,38)(H,36,41)/t22-,26-/m1/s1. The van der Waals surface area contributed by atoms with Crippen LogP contribution in [0.1, 0.15) is 41.9 Å². The molecular weight excluding hydrogens is 563 g/mol. The summed E-state index contributed by atoms with van der Waals surface area (Å²) in [5.74, 6) is -0.239. The minimum absolute atomic E-state index is 0.0380. The third-order valence-electron chi connectivity index (χ3n) is 8.43. The van der Waals surface area contributed by atoms with Crippen LogP contribution in [0.15, 0.2) is 82.2 Å². The first-order valence-corrected chi connectivity index (χ1v) is 14.5. The van der Waals surface area contributed by atoms with Crippen molar-refractivity contribution in [2.45, 2.75) is 44.6 Å². The predicted molar refractivity (Wildman–Crippen MR) is 162 cm³/mol. The molecule has 6 aromatic rings. The lowest BCUT2D eigenvalue weighted by molar-refractivity contribution is 0.0915. The Morgan fingerprint density at radius 3 is 2.82 bits per heavy atom. The number of fused-ring (bicyclic) bond motifs is 2. The fraction of sp³-hybridized carbons (Fsp3) is 0.242. The Morgan fingerprint density at radius 2 is 1.95 bits per heavy atom. The molecule has 1 aliphatic rings. The number of H-pyrrole nitrogens is 2. The van der Waals surface area contributed by atoms with Crippen LogP contribution >= 0.6 is 0 Å². The van der Waals surface area contributed by atoms with Crippen LogP contribution in [0.4, 0.5) is 9.18 Å². The largest absolute Gasteiger partial charge is 0.426 e. The average Bonchev–Trinajstić information content (AvgIpc) is 3.70. The summed E-state index contributed by atoms with van der Waals surface area (Å²) in [6.07, 6.45) is 3.48. The number of ether oxygens (including phenoxy) is 1. The lowest BCUT2D eigenvalue weighted by Crippen LogP contribution is -2.47. The van der Waals surface area contributed by atoms with E-state index in [1.54, 1.807) is 4.90 Å². The van der Waals surface area contributed by atoms with Crippen molar-refractivity contribution in [1.82, 2.24) is 30.2 Å². The molecule has 1 aliphatic heterocycles. The first kappa shape index (κ1) is 27.5. The summed E-state index contributed by atoms with van der Waals surface area (Å²) in [5.41, 5.74) is 5.18. The summed E-state index contributed by atoms with van der Waals surface area (Å²) in [4.78, 5) is 35.5. The summed E-state index contributed by atoms with van der Waals surface area (Å²) in [6.45, 7) is 2.43. The van der Waals surface area contributed by atoms with E-state index < -0.39 is 6.09 Å². The Kier molecular flexibility index (Phi) is 7.13. The number of halogens is 1. The van der Waals surface area contributed by atoms with Gasteiger partial charge in [0.1, 0.15) is 5.82 Å². The van der Waals surface area contributed by atoms with Gasteiger partial charge in [-0.2, -0.15) is 10.1 Å². The summed E-state index contributed by atoms with van der Waals surface area (Å²) < 4.78 is 24.1. The van der Waals surface area contributed by atoms with E-state index in [0.29, 0.717) is 37.8 Å². The van der Waals surface area contributed by atoms with Crippen LogP contribution in [0.3, 0.4) is 0 Å². The van der Waals surface area contributed by atoms with Gasteiger partial charge in [-0.3, -0.25) is 14.4 Å². The molecule has 4 heterocycles. The molecule has 3 aromatic carbocycles. The molecule has 0 aliphatic carbocycles. The van der Waals surface area contributed by atoms with Gasteiger partial charge in [0.25, 0.3) is 5.56 Å². The lowest BCUT2D eigenvalue weighted by atomic mass is 9.83. The van der Waals surface area contributed by atoms with E-state index in [1.807, 2.05) is 43.5 Å².